The van der Waals surface area contributed by atoms with Gasteiger partial charge in [-0.25, -0.2) is 0 Å². The van der Waals surface area contributed by atoms with Gasteiger partial charge in [0.05, 0.1) is 5.60 Å². The number of nitrogens with two attached hydrogens (primary N) is 1. The predicted molar refractivity (Wildman–Crippen MR) is 63.7 cm³/mol. The normalized spacial score (nSPS) is 28.0. The highest BCUT2D eigenvalue weighted by Gasteiger charge is 2.34. The molecule has 0 bridgehead atoms. The standard InChI is InChI=1S/C12H26N2O/c1-11(2,3)10-5-6-14(7-10)9-12(4,15)8-13/h10,15H,5-9,13H2,1-4H3. The minimum absolute atomic E-state index is 0.337. The lowest BCUT2D eigenvalue weighted by Crippen LogP contribution is -2.45. The summed E-state index contributed by atoms with van der Waals surface area (Å²) in [5.74, 6) is 0.742. The van der Waals surface area contributed by atoms with Crippen LogP contribution in [0.4, 0.5) is 0 Å². The van der Waals surface area contributed by atoms with E-state index in [-0.39, 0.29) is 0 Å². The molecule has 0 saturated carbocycles. The second-order valence-corrected chi connectivity index (χ2v) is 6.29. The summed E-state index contributed by atoms with van der Waals surface area (Å²) in [6.45, 7) is 11.9. The van der Waals surface area contributed by atoms with Crippen LogP contribution < -0.4 is 5.73 Å². The molecule has 3 heteroatoms. The van der Waals surface area contributed by atoms with E-state index in [0.717, 1.165) is 19.0 Å². The Morgan fingerprint density at radius 2 is 1.93 bits per heavy atom. The molecule has 1 fully saturated rings. The van der Waals surface area contributed by atoms with Crippen LogP contribution in [0.5, 0.6) is 0 Å². The molecule has 3 N–H and O–H groups in total. The van der Waals surface area contributed by atoms with Crippen LogP contribution in [0.2, 0.25) is 0 Å². The van der Waals surface area contributed by atoms with Crippen molar-refractivity contribution in [3.05, 3.63) is 0 Å². The predicted octanol–water partition coefficient (Wildman–Crippen LogP) is 1.06. The fourth-order valence-corrected chi connectivity index (χ4v) is 2.23. The third-order valence-corrected chi connectivity index (χ3v) is 3.50. The summed E-state index contributed by atoms with van der Waals surface area (Å²) in [6, 6.07) is 0. The second-order valence-electron chi connectivity index (χ2n) is 6.29. The molecule has 1 aliphatic heterocycles. The van der Waals surface area contributed by atoms with E-state index in [0.29, 0.717) is 18.5 Å². The first kappa shape index (κ1) is 12.9. The van der Waals surface area contributed by atoms with E-state index >= 15 is 0 Å². The summed E-state index contributed by atoms with van der Waals surface area (Å²) in [5, 5.41) is 9.91. The largest absolute Gasteiger partial charge is 0.388 e. The van der Waals surface area contributed by atoms with Gasteiger partial charge in [-0.1, -0.05) is 20.8 Å². The topological polar surface area (TPSA) is 49.5 Å². The van der Waals surface area contributed by atoms with Gasteiger partial charge in [-0.2, -0.15) is 0 Å². The van der Waals surface area contributed by atoms with E-state index in [4.69, 9.17) is 5.73 Å². The van der Waals surface area contributed by atoms with Gasteiger partial charge in [-0.3, -0.25) is 0 Å². The van der Waals surface area contributed by atoms with Crippen LogP contribution in [0.1, 0.15) is 34.1 Å². The number of likely N-dealkylation sites (tertiary alicyclic amines) is 1. The first-order chi connectivity index (χ1) is 6.74. The number of aliphatic hydroxyl groups is 1. The monoisotopic (exact) mass is 214 g/mol. The van der Waals surface area contributed by atoms with Crippen LogP contribution in [0.25, 0.3) is 0 Å². The molecule has 0 aromatic rings. The Hall–Kier alpha value is -0.120. The minimum Gasteiger partial charge on any atom is -0.388 e. The first-order valence-electron chi connectivity index (χ1n) is 5.89. The molecule has 0 amide bonds. The lowest BCUT2D eigenvalue weighted by Gasteiger charge is -2.30. The lowest BCUT2D eigenvalue weighted by molar-refractivity contribution is 0.0317. The Kier molecular flexibility index (Phi) is 3.80. The van der Waals surface area contributed by atoms with Crippen LogP contribution in [-0.4, -0.2) is 41.8 Å². The van der Waals surface area contributed by atoms with E-state index in [1.54, 1.807) is 0 Å². The molecule has 2 unspecified atom stereocenters. The van der Waals surface area contributed by atoms with Crippen molar-refractivity contribution in [3.8, 4) is 0 Å². The summed E-state index contributed by atoms with van der Waals surface area (Å²) in [6.07, 6.45) is 1.24. The van der Waals surface area contributed by atoms with E-state index < -0.39 is 5.60 Å². The second kappa shape index (κ2) is 4.40. The highest BCUT2D eigenvalue weighted by Crippen LogP contribution is 2.33. The zero-order valence-electron chi connectivity index (χ0n) is 10.6. The average Bonchev–Trinajstić information content (AvgIpc) is 2.51. The van der Waals surface area contributed by atoms with Gasteiger partial charge >= 0.3 is 0 Å². The molecule has 1 heterocycles. The first-order valence-corrected chi connectivity index (χ1v) is 5.89. The van der Waals surface area contributed by atoms with E-state index in [9.17, 15) is 5.11 Å². The van der Waals surface area contributed by atoms with Gasteiger partial charge in [0.25, 0.3) is 0 Å². The van der Waals surface area contributed by atoms with Crippen molar-refractivity contribution >= 4 is 0 Å². The van der Waals surface area contributed by atoms with Crippen LogP contribution in [-0.2, 0) is 0 Å². The van der Waals surface area contributed by atoms with Crippen molar-refractivity contribution in [1.82, 2.24) is 4.90 Å². The minimum atomic E-state index is -0.729. The van der Waals surface area contributed by atoms with Gasteiger partial charge in [0, 0.05) is 19.6 Å². The summed E-state index contributed by atoms with van der Waals surface area (Å²) in [7, 11) is 0. The Labute approximate surface area is 93.6 Å². The third kappa shape index (κ3) is 3.74. The Bertz CT molecular complexity index is 208. The van der Waals surface area contributed by atoms with Gasteiger partial charge in [0.1, 0.15) is 0 Å². The molecule has 2 atom stereocenters. The zero-order valence-corrected chi connectivity index (χ0v) is 10.6. The number of hydrogen-bond donors (Lipinski definition) is 2. The van der Waals surface area contributed by atoms with Crippen molar-refractivity contribution in [2.45, 2.75) is 39.7 Å². The maximum atomic E-state index is 9.91. The van der Waals surface area contributed by atoms with Crippen molar-refractivity contribution < 1.29 is 5.11 Å². The van der Waals surface area contributed by atoms with Crippen molar-refractivity contribution in [2.24, 2.45) is 17.1 Å². The lowest BCUT2D eigenvalue weighted by atomic mass is 9.80. The van der Waals surface area contributed by atoms with Crippen LogP contribution in [0.15, 0.2) is 0 Å². The van der Waals surface area contributed by atoms with Gasteiger partial charge in [-0.05, 0) is 31.2 Å². The molecule has 0 aromatic carbocycles. The SMILES string of the molecule is CC(O)(CN)CN1CCC(C(C)(C)C)C1. The molecule has 90 valence electrons. The van der Waals surface area contributed by atoms with E-state index in [1.807, 2.05) is 6.92 Å². The van der Waals surface area contributed by atoms with Gasteiger partial charge < -0.3 is 15.7 Å². The molecule has 15 heavy (non-hydrogen) atoms. The molecule has 3 nitrogen and oxygen atoms in total. The summed E-state index contributed by atoms with van der Waals surface area (Å²) < 4.78 is 0. The molecular weight excluding hydrogens is 188 g/mol. The molecule has 0 radical (unpaired) electrons. The van der Waals surface area contributed by atoms with Gasteiger partial charge in [0.15, 0.2) is 0 Å². The number of nitrogens with zero attached hydrogens (tertiary/aromatic N) is 1. The Morgan fingerprint density at radius 1 is 1.33 bits per heavy atom. The van der Waals surface area contributed by atoms with Crippen LogP contribution >= 0.6 is 0 Å². The van der Waals surface area contributed by atoms with Crippen LogP contribution in [0.3, 0.4) is 0 Å². The number of rotatable bonds is 3. The van der Waals surface area contributed by atoms with Crippen molar-refractivity contribution in [3.63, 3.8) is 0 Å². The van der Waals surface area contributed by atoms with Crippen LogP contribution in [0, 0.1) is 11.3 Å². The summed E-state index contributed by atoms with van der Waals surface area (Å²) in [5.41, 5.74) is 5.18. The molecule has 1 rings (SSSR count). The fraction of sp³-hybridized carbons (Fsp3) is 1.00. The fourth-order valence-electron chi connectivity index (χ4n) is 2.23. The molecule has 1 aliphatic rings. The molecule has 0 spiro atoms. The summed E-state index contributed by atoms with van der Waals surface area (Å²) >= 11 is 0. The maximum absolute atomic E-state index is 9.91. The third-order valence-electron chi connectivity index (χ3n) is 3.50. The Balaban J connectivity index is 2.44. The maximum Gasteiger partial charge on any atom is 0.0867 e. The highest BCUT2D eigenvalue weighted by atomic mass is 16.3. The highest BCUT2D eigenvalue weighted by molar-refractivity contribution is 4.87. The number of β-amino-alcohol motifs (C(OH)–C–C–N with tert-alkyl or cyclic N) is 1. The Morgan fingerprint density at radius 3 is 2.33 bits per heavy atom. The van der Waals surface area contributed by atoms with Crippen molar-refractivity contribution in [1.29, 1.82) is 0 Å². The van der Waals surface area contributed by atoms with Crippen molar-refractivity contribution in [2.75, 3.05) is 26.2 Å². The van der Waals surface area contributed by atoms with Gasteiger partial charge in [0.2, 0.25) is 0 Å². The molecule has 1 saturated heterocycles. The zero-order chi connectivity index (χ0) is 11.7. The molecular formula is C12H26N2O. The molecule has 0 aliphatic carbocycles. The molecule has 0 aromatic heterocycles. The number of hydrogen-bond acceptors (Lipinski definition) is 3. The van der Waals surface area contributed by atoms with Gasteiger partial charge in [-0.15, -0.1) is 0 Å². The quantitative estimate of drug-likeness (QED) is 0.738. The smallest absolute Gasteiger partial charge is 0.0867 e. The summed E-state index contributed by atoms with van der Waals surface area (Å²) in [4.78, 5) is 2.34. The van der Waals surface area contributed by atoms with E-state index in [1.165, 1.54) is 6.42 Å². The average molecular weight is 214 g/mol. The van der Waals surface area contributed by atoms with E-state index in [2.05, 4.69) is 25.7 Å².